The molecule has 0 fully saturated rings. The molecular weight excluding hydrogens is 422 g/mol. The number of carbonyl (C=O) groups is 1. The molecule has 170 valence electrons. The average molecular weight is 450 g/mol. The van der Waals surface area contributed by atoms with Crippen molar-refractivity contribution in [3.05, 3.63) is 108 Å². The number of benzene rings is 3. The Labute approximate surface area is 198 Å². The fourth-order valence-corrected chi connectivity index (χ4v) is 4.25. The third-order valence-corrected chi connectivity index (χ3v) is 5.90. The summed E-state index contributed by atoms with van der Waals surface area (Å²) in [5.41, 5.74) is 5.99. The summed E-state index contributed by atoms with van der Waals surface area (Å²) in [5.74, 6) is 0.865. The smallest absolute Gasteiger partial charge is 0.240 e. The average Bonchev–Trinajstić information content (AvgIpc) is 3.45. The third-order valence-electron chi connectivity index (χ3n) is 5.90. The van der Waals surface area contributed by atoms with Crippen molar-refractivity contribution in [2.75, 3.05) is 0 Å². The Morgan fingerprint density at radius 1 is 0.912 bits per heavy atom. The summed E-state index contributed by atoms with van der Waals surface area (Å²) in [6.07, 6.45) is 2.80. The molecule has 5 aromatic rings. The maximum atomic E-state index is 13.0. The van der Waals surface area contributed by atoms with E-state index >= 15 is 0 Å². The predicted octanol–water partition coefficient (Wildman–Crippen LogP) is 4.83. The minimum atomic E-state index is -0.0484. The highest BCUT2D eigenvalue weighted by Gasteiger charge is 2.15. The fraction of sp³-hybridized carbons (Fsp3) is 0.179. The molecule has 34 heavy (non-hydrogen) atoms. The zero-order valence-corrected chi connectivity index (χ0v) is 19.2. The number of hydrogen-bond donors (Lipinski definition) is 1. The van der Waals surface area contributed by atoms with Gasteiger partial charge in [0.15, 0.2) is 0 Å². The van der Waals surface area contributed by atoms with E-state index in [1.807, 2.05) is 88.2 Å². The highest BCUT2D eigenvalue weighted by molar-refractivity contribution is 5.81. The molecule has 6 nitrogen and oxygen atoms in total. The number of nitrogens with zero attached hydrogens (tertiary/aromatic N) is 4. The Morgan fingerprint density at radius 3 is 2.38 bits per heavy atom. The Balaban J connectivity index is 1.36. The first-order valence-corrected chi connectivity index (χ1v) is 11.6. The lowest BCUT2D eigenvalue weighted by molar-refractivity contribution is -0.121. The van der Waals surface area contributed by atoms with Gasteiger partial charge < -0.3 is 9.88 Å². The van der Waals surface area contributed by atoms with E-state index in [2.05, 4.69) is 29.4 Å². The number of aromatic nitrogens is 4. The molecule has 0 aliphatic rings. The number of para-hydroxylation sites is 2. The fourth-order valence-electron chi connectivity index (χ4n) is 4.25. The van der Waals surface area contributed by atoms with Crippen molar-refractivity contribution in [2.45, 2.75) is 33.0 Å². The molecule has 3 aromatic carbocycles. The number of aryl methyl sites for hydroxylation is 1. The van der Waals surface area contributed by atoms with Crippen molar-refractivity contribution in [1.29, 1.82) is 0 Å². The van der Waals surface area contributed by atoms with Gasteiger partial charge in [0, 0.05) is 30.3 Å². The van der Waals surface area contributed by atoms with Crippen LogP contribution in [0.4, 0.5) is 0 Å². The van der Waals surface area contributed by atoms with Gasteiger partial charge in [0.05, 0.1) is 23.3 Å². The number of carbonyl (C=O) groups excluding carboxylic acids is 1. The molecule has 0 spiro atoms. The second-order valence-corrected chi connectivity index (χ2v) is 8.29. The second kappa shape index (κ2) is 9.75. The second-order valence-electron chi connectivity index (χ2n) is 8.29. The van der Waals surface area contributed by atoms with Gasteiger partial charge in [-0.2, -0.15) is 5.10 Å². The summed E-state index contributed by atoms with van der Waals surface area (Å²) in [5, 5.41) is 7.95. The first-order valence-electron chi connectivity index (χ1n) is 11.6. The molecule has 0 bridgehead atoms. The Morgan fingerprint density at radius 2 is 1.62 bits per heavy atom. The molecule has 6 heteroatoms. The van der Waals surface area contributed by atoms with Crippen LogP contribution in [0.1, 0.15) is 23.9 Å². The predicted molar refractivity (Wildman–Crippen MR) is 134 cm³/mol. The third kappa shape index (κ3) is 4.62. The summed E-state index contributed by atoms with van der Waals surface area (Å²) in [7, 11) is 0. The number of fused-ring (bicyclic) bond motifs is 1. The van der Waals surface area contributed by atoms with E-state index in [4.69, 9.17) is 5.10 Å². The molecule has 0 atom stereocenters. The number of rotatable bonds is 8. The molecule has 1 N–H and O–H groups in total. The van der Waals surface area contributed by atoms with Gasteiger partial charge >= 0.3 is 0 Å². The van der Waals surface area contributed by atoms with Crippen molar-refractivity contribution in [3.8, 4) is 11.3 Å². The number of nitrogens with one attached hydrogen (secondary N) is 1. The van der Waals surface area contributed by atoms with Gasteiger partial charge in [-0.1, -0.05) is 79.7 Å². The molecule has 0 saturated carbocycles. The lowest BCUT2D eigenvalue weighted by Crippen LogP contribution is -2.27. The lowest BCUT2D eigenvalue weighted by Gasteiger charge is -2.09. The summed E-state index contributed by atoms with van der Waals surface area (Å²) in [6, 6.07) is 28.3. The topological polar surface area (TPSA) is 64.7 Å². The van der Waals surface area contributed by atoms with Crippen molar-refractivity contribution < 1.29 is 4.79 Å². The van der Waals surface area contributed by atoms with Gasteiger partial charge in [0.1, 0.15) is 12.4 Å². The molecule has 2 aromatic heterocycles. The highest BCUT2D eigenvalue weighted by atomic mass is 16.1. The van der Waals surface area contributed by atoms with E-state index in [0.29, 0.717) is 13.1 Å². The number of hydrogen-bond acceptors (Lipinski definition) is 3. The van der Waals surface area contributed by atoms with Gasteiger partial charge in [-0.05, 0) is 17.7 Å². The maximum absolute atomic E-state index is 13.0. The van der Waals surface area contributed by atoms with Crippen LogP contribution < -0.4 is 5.32 Å². The van der Waals surface area contributed by atoms with Crippen molar-refractivity contribution in [2.24, 2.45) is 0 Å². The maximum Gasteiger partial charge on any atom is 0.240 e. The molecule has 2 heterocycles. The van der Waals surface area contributed by atoms with Gasteiger partial charge in [-0.3, -0.25) is 9.48 Å². The van der Waals surface area contributed by atoms with Crippen LogP contribution in [0.2, 0.25) is 0 Å². The minimum absolute atomic E-state index is 0.0484. The standard InChI is InChI=1S/C28H27N5O/c1-2-26-30-24-15-9-10-16-25(24)33(26)20-27(34)29-17-23-19-32(18-21-11-5-3-6-12-21)31-28(23)22-13-7-4-8-14-22/h3-16,19H,2,17-18,20H2,1H3,(H,29,34). The number of imidazole rings is 1. The van der Waals surface area contributed by atoms with E-state index in [9.17, 15) is 4.79 Å². The van der Waals surface area contributed by atoms with E-state index in [0.717, 1.165) is 40.1 Å². The zero-order valence-electron chi connectivity index (χ0n) is 19.2. The van der Waals surface area contributed by atoms with Crippen molar-refractivity contribution in [1.82, 2.24) is 24.6 Å². The Kier molecular flexibility index (Phi) is 6.21. The molecule has 1 amide bonds. The quantitative estimate of drug-likeness (QED) is 0.369. The van der Waals surface area contributed by atoms with Crippen LogP contribution in [0.25, 0.3) is 22.3 Å². The molecular formula is C28H27N5O. The summed E-state index contributed by atoms with van der Waals surface area (Å²) < 4.78 is 3.94. The molecule has 5 rings (SSSR count). The van der Waals surface area contributed by atoms with Crippen LogP contribution >= 0.6 is 0 Å². The molecule has 0 unspecified atom stereocenters. The number of amides is 1. The van der Waals surface area contributed by atoms with E-state index in [1.54, 1.807) is 0 Å². The van der Waals surface area contributed by atoms with Crippen LogP contribution in [0.15, 0.2) is 91.1 Å². The lowest BCUT2D eigenvalue weighted by atomic mass is 10.1. The van der Waals surface area contributed by atoms with Crippen LogP contribution in [-0.2, 0) is 30.8 Å². The van der Waals surface area contributed by atoms with Gasteiger partial charge in [-0.15, -0.1) is 0 Å². The summed E-state index contributed by atoms with van der Waals surface area (Å²) in [4.78, 5) is 17.6. The van der Waals surface area contributed by atoms with Crippen LogP contribution in [-0.4, -0.2) is 25.2 Å². The monoisotopic (exact) mass is 449 g/mol. The van der Waals surface area contributed by atoms with Crippen LogP contribution in [0.3, 0.4) is 0 Å². The normalized spacial score (nSPS) is 11.1. The first kappa shape index (κ1) is 21.6. The SMILES string of the molecule is CCc1nc2ccccc2n1CC(=O)NCc1cn(Cc2ccccc2)nc1-c1ccccc1. The van der Waals surface area contributed by atoms with E-state index in [-0.39, 0.29) is 12.5 Å². The molecule has 0 aliphatic carbocycles. The van der Waals surface area contributed by atoms with Crippen molar-refractivity contribution in [3.63, 3.8) is 0 Å². The molecule has 0 saturated heterocycles. The van der Waals surface area contributed by atoms with Gasteiger partial charge in [-0.25, -0.2) is 4.98 Å². The first-order chi connectivity index (χ1) is 16.7. The largest absolute Gasteiger partial charge is 0.350 e. The Bertz CT molecular complexity index is 1400. The summed E-state index contributed by atoms with van der Waals surface area (Å²) >= 11 is 0. The van der Waals surface area contributed by atoms with Crippen molar-refractivity contribution >= 4 is 16.9 Å². The zero-order chi connectivity index (χ0) is 23.3. The van der Waals surface area contributed by atoms with Gasteiger partial charge in [0.2, 0.25) is 5.91 Å². The summed E-state index contributed by atoms with van der Waals surface area (Å²) in [6.45, 7) is 3.38. The van der Waals surface area contributed by atoms with Gasteiger partial charge in [0.25, 0.3) is 0 Å². The molecule has 0 radical (unpaired) electrons. The highest BCUT2D eigenvalue weighted by Crippen LogP contribution is 2.22. The molecule has 0 aliphatic heterocycles. The Hall–Kier alpha value is -4.19. The van der Waals surface area contributed by atoms with Crippen LogP contribution in [0.5, 0.6) is 0 Å². The van der Waals surface area contributed by atoms with E-state index < -0.39 is 0 Å². The minimum Gasteiger partial charge on any atom is -0.350 e. The van der Waals surface area contributed by atoms with E-state index in [1.165, 1.54) is 5.56 Å². The van der Waals surface area contributed by atoms with Crippen LogP contribution in [0, 0.1) is 0 Å².